The van der Waals surface area contributed by atoms with Gasteiger partial charge in [0.15, 0.2) is 0 Å². The number of aliphatic hydroxyl groups excluding tert-OH is 1. The standard InChI is InChI=1S/C14H28N2O/c1-11-6-7-16(12(2)8-11)9-14(3,10-17)15-13-4-5-13/h11-13,15,17H,4-10H2,1-3H3. The molecule has 3 unspecified atom stereocenters. The van der Waals surface area contributed by atoms with E-state index in [1.54, 1.807) is 0 Å². The zero-order valence-corrected chi connectivity index (χ0v) is 11.6. The van der Waals surface area contributed by atoms with Crippen molar-refractivity contribution in [1.82, 2.24) is 10.2 Å². The second-order valence-corrected chi connectivity index (χ2v) is 6.59. The van der Waals surface area contributed by atoms with Gasteiger partial charge < -0.3 is 10.4 Å². The maximum absolute atomic E-state index is 9.64. The predicted molar refractivity (Wildman–Crippen MR) is 71.1 cm³/mol. The molecule has 3 atom stereocenters. The summed E-state index contributed by atoms with van der Waals surface area (Å²) in [6.07, 6.45) is 5.16. The van der Waals surface area contributed by atoms with E-state index in [1.807, 2.05) is 0 Å². The van der Waals surface area contributed by atoms with Crippen molar-refractivity contribution >= 4 is 0 Å². The van der Waals surface area contributed by atoms with Crippen LogP contribution in [0.2, 0.25) is 0 Å². The van der Waals surface area contributed by atoms with E-state index in [0.717, 1.165) is 12.5 Å². The van der Waals surface area contributed by atoms with Crippen molar-refractivity contribution < 1.29 is 5.11 Å². The van der Waals surface area contributed by atoms with Crippen LogP contribution in [0.15, 0.2) is 0 Å². The van der Waals surface area contributed by atoms with Crippen LogP contribution in [0.5, 0.6) is 0 Å². The zero-order valence-electron chi connectivity index (χ0n) is 11.6. The molecule has 17 heavy (non-hydrogen) atoms. The fraction of sp³-hybridized carbons (Fsp3) is 1.00. The molecule has 3 nitrogen and oxygen atoms in total. The molecule has 0 aromatic heterocycles. The molecule has 0 spiro atoms. The van der Waals surface area contributed by atoms with E-state index in [-0.39, 0.29) is 12.1 Å². The van der Waals surface area contributed by atoms with Gasteiger partial charge in [-0.05, 0) is 52.0 Å². The number of piperidine rings is 1. The van der Waals surface area contributed by atoms with Crippen LogP contribution < -0.4 is 5.32 Å². The number of aliphatic hydroxyl groups is 1. The molecule has 0 amide bonds. The highest BCUT2D eigenvalue weighted by Gasteiger charge is 2.35. The second-order valence-electron chi connectivity index (χ2n) is 6.59. The Morgan fingerprint density at radius 2 is 2.00 bits per heavy atom. The smallest absolute Gasteiger partial charge is 0.0623 e. The van der Waals surface area contributed by atoms with E-state index in [0.29, 0.717) is 12.1 Å². The molecule has 1 aliphatic carbocycles. The summed E-state index contributed by atoms with van der Waals surface area (Å²) in [5, 5.41) is 13.2. The number of rotatable bonds is 5. The molecule has 3 heteroatoms. The van der Waals surface area contributed by atoms with Gasteiger partial charge >= 0.3 is 0 Å². The van der Waals surface area contributed by atoms with Gasteiger partial charge in [0.2, 0.25) is 0 Å². The molecular weight excluding hydrogens is 212 g/mol. The van der Waals surface area contributed by atoms with Gasteiger partial charge in [0, 0.05) is 18.6 Å². The minimum Gasteiger partial charge on any atom is -0.394 e. The number of hydrogen-bond acceptors (Lipinski definition) is 3. The van der Waals surface area contributed by atoms with E-state index >= 15 is 0 Å². The number of likely N-dealkylation sites (tertiary alicyclic amines) is 1. The summed E-state index contributed by atoms with van der Waals surface area (Å²) in [7, 11) is 0. The lowest BCUT2D eigenvalue weighted by Gasteiger charge is -2.42. The third kappa shape index (κ3) is 3.67. The first-order valence-corrected chi connectivity index (χ1v) is 7.15. The maximum atomic E-state index is 9.64. The molecule has 0 radical (unpaired) electrons. The van der Waals surface area contributed by atoms with Crippen molar-refractivity contribution in [2.45, 2.75) is 64.1 Å². The zero-order chi connectivity index (χ0) is 12.5. The van der Waals surface area contributed by atoms with Crippen LogP contribution in [-0.4, -0.2) is 47.3 Å². The van der Waals surface area contributed by atoms with E-state index in [2.05, 4.69) is 31.0 Å². The van der Waals surface area contributed by atoms with Gasteiger partial charge in [-0.15, -0.1) is 0 Å². The van der Waals surface area contributed by atoms with E-state index in [1.165, 1.54) is 32.2 Å². The van der Waals surface area contributed by atoms with Crippen LogP contribution in [0.1, 0.15) is 46.5 Å². The summed E-state index contributed by atoms with van der Waals surface area (Å²) in [4.78, 5) is 2.55. The summed E-state index contributed by atoms with van der Waals surface area (Å²) in [5.74, 6) is 0.859. The fourth-order valence-electron chi connectivity index (χ4n) is 3.00. The second kappa shape index (κ2) is 5.25. The molecule has 0 aromatic rings. The largest absolute Gasteiger partial charge is 0.394 e. The SMILES string of the molecule is CC1CCN(CC(C)(CO)NC2CC2)C(C)C1. The fourth-order valence-corrected chi connectivity index (χ4v) is 3.00. The number of nitrogens with one attached hydrogen (secondary N) is 1. The summed E-state index contributed by atoms with van der Waals surface area (Å²) < 4.78 is 0. The van der Waals surface area contributed by atoms with Crippen LogP contribution in [0.25, 0.3) is 0 Å². The lowest BCUT2D eigenvalue weighted by atomic mass is 9.91. The molecule has 0 aromatic carbocycles. The van der Waals surface area contributed by atoms with Gasteiger partial charge in [0.1, 0.15) is 0 Å². The van der Waals surface area contributed by atoms with Crippen molar-refractivity contribution in [3.63, 3.8) is 0 Å². The van der Waals surface area contributed by atoms with Crippen LogP contribution >= 0.6 is 0 Å². The maximum Gasteiger partial charge on any atom is 0.0623 e. The lowest BCUT2D eigenvalue weighted by Crippen LogP contribution is -2.57. The molecule has 1 heterocycles. The van der Waals surface area contributed by atoms with E-state index < -0.39 is 0 Å². The predicted octanol–water partition coefficient (Wildman–Crippen LogP) is 1.61. The van der Waals surface area contributed by atoms with Gasteiger partial charge in [-0.3, -0.25) is 4.90 Å². The van der Waals surface area contributed by atoms with Crippen molar-refractivity contribution in [3.05, 3.63) is 0 Å². The van der Waals surface area contributed by atoms with Gasteiger partial charge in [-0.25, -0.2) is 0 Å². The van der Waals surface area contributed by atoms with Gasteiger partial charge in [0.05, 0.1) is 12.1 Å². The first-order chi connectivity index (χ1) is 8.02. The summed E-state index contributed by atoms with van der Waals surface area (Å²) in [5.41, 5.74) is -0.115. The van der Waals surface area contributed by atoms with Crippen molar-refractivity contribution in [1.29, 1.82) is 0 Å². The Balaban J connectivity index is 1.88. The van der Waals surface area contributed by atoms with Crippen LogP contribution in [-0.2, 0) is 0 Å². The molecule has 2 N–H and O–H groups in total. The third-order valence-electron chi connectivity index (χ3n) is 4.31. The Morgan fingerprint density at radius 1 is 1.29 bits per heavy atom. The first kappa shape index (κ1) is 13.3. The van der Waals surface area contributed by atoms with Crippen molar-refractivity contribution in [2.24, 2.45) is 5.92 Å². The van der Waals surface area contributed by atoms with E-state index in [4.69, 9.17) is 0 Å². The average Bonchev–Trinajstić information content (AvgIpc) is 3.06. The Hall–Kier alpha value is -0.120. The van der Waals surface area contributed by atoms with Crippen molar-refractivity contribution in [2.75, 3.05) is 19.7 Å². The molecule has 100 valence electrons. The van der Waals surface area contributed by atoms with Crippen LogP contribution in [0.4, 0.5) is 0 Å². The third-order valence-corrected chi connectivity index (χ3v) is 4.31. The molecule has 2 fully saturated rings. The first-order valence-electron chi connectivity index (χ1n) is 7.15. The van der Waals surface area contributed by atoms with Crippen LogP contribution in [0.3, 0.4) is 0 Å². The molecule has 1 saturated heterocycles. The Bertz CT molecular complexity index is 255. The Morgan fingerprint density at radius 3 is 2.53 bits per heavy atom. The minimum absolute atomic E-state index is 0.115. The molecular formula is C14H28N2O. The monoisotopic (exact) mass is 240 g/mol. The Labute approximate surface area is 106 Å². The summed E-state index contributed by atoms with van der Waals surface area (Å²) >= 11 is 0. The molecule has 2 aliphatic rings. The van der Waals surface area contributed by atoms with Gasteiger partial charge in [-0.1, -0.05) is 6.92 Å². The number of nitrogens with zero attached hydrogens (tertiary/aromatic N) is 1. The van der Waals surface area contributed by atoms with Gasteiger partial charge in [-0.2, -0.15) is 0 Å². The quantitative estimate of drug-likeness (QED) is 0.766. The highest BCUT2D eigenvalue weighted by molar-refractivity contribution is 4.95. The van der Waals surface area contributed by atoms with Gasteiger partial charge in [0.25, 0.3) is 0 Å². The minimum atomic E-state index is -0.115. The molecule has 1 aliphatic heterocycles. The highest BCUT2D eigenvalue weighted by Crippen LogP contribution is 2.26. The average molecular weight is 240 g/mol. The normalized spacial score (nSPS) is 34.6. The number of hydrogen-bond donors (Lipinski definition) is 2. The Kier molecular flexibility index (Phi) is 4.11. The van der Waals surface area contributed by atoms with Crippen LogP contribution in [0, 0.1) is 5.92 Å². The van der Waals surface area contributed by atoms with E-state index in [9.17, 15) is 5.11 Å². The lowest BCUT2D eigenvalue weighted by molar-refractivity contribution is 0.0658. The topological polar surface area (TPSA) is 35.5 Å². The van der Waals surface area contributed by atoms with Crippen molar-refractivity contribution in [3.8, 4) is 0 Å². The highest BCUT2D eigenvalue weighted by atomic mass is 16.3. The molecule has 0 bridgehead atoms. The summed E-state index contributed by atoms with van der Waals surface area (Å²) in [6, 6.07) is 1.32. The summed E-state index contributed by atoms with van der Waals surface area (Å²) in [6.45, 7) is 9.24. The molecule has 2 rings (SSSR count). The molecule has 1 saturated carbocycles.